The lowest BCUT2D eigenvalue weighted by molar-refractivity contribution is -0.120. The van der Waals surface area contributed by atoms with Gasteiger partial charge in [-0.3, -0.25) is 4.79 Å². The summed E-state index contributed by atoms with van der Waals surface area (Å²) < 4.78 is 0. The minimum absolute atomic E-state index is 0.0839. The number of carboxylic acids is 1. The number of aromatic carboxylic acids is 1. The average Bonchev–Trinajstić information content (AvgIpc) is 3.14. The third kappa shape index (κ3) is 4.28. The molecule has 1 saturated carbocycles. The van der Waals surface area contributed by atoms with Gasteiger partial charge in [-0.2, -0.15) is 0 Å². The van der Waals surface area contributed by atoms with Crippen LogP contribution in [0, 0.1) is 6.92 Å². The number of carbonyl (C=O) groups excluding carboxylic acids is 1. The first kappa shape index (κ1) is 13.9. The van der Waals surface area contributed by atoms with Crippen LogP contribution < -0.4 is 5.32 Å². The van der Waals surface area contributed by atoms with E-state index in [0.717, 1.165) is 23.3 Å². The largest absolute Gasteiger partial charge is 0.478 e. The molecule has 0 heterocycles. The van der Waals surface area contributed by atoms with E-state index in [2.05, 4.69) is 5.32 Å². The van der Waals surface area contributed by atoms with Gasteiger partial charge >= 0.3 is 5.97 Å². The van der Waals surface area contributed by atoms with E-state index in [-0.39, 0.29) is 5.91 Å². The van der Waals surface area contributed by atoms with Crippen molar-refractivity contribution in [2.75, 3.05) is 5.75 Å². The highest BCUT2D eigenvalue weighted by molar-refractivity contribution is 7.99. The molecule has 0 saturated heterocycles. The predicted octanol–water partition coefficient (Wildman–Crippen LogP) is 2.45. The minimum Gasteiger partial charge on any atom is -0.478 e. The van der Waals surface area contributed by atoms with Gasteiger partial charge in [0.25, 0.3) is 0 Å². The Morgan fingerprint density at radius 3 is 2.79 bits per heavy atom. The molecule has 1 aliphatic carbocycles. The van der Waals surface area contributed by atoms with Crippen LogP contribution in [0.2, 0.25) is 0 Å². The second kappa shape index (κ2) is 6.10. The Kier molecular flexibility index (Phi) is 4.47. The summed E-state index contributed by atoms with van der Waals surface area (Å²) in [4.78, 5) is 23.4. The zero-order valence-corrected chi connectivity index (χ0v) is 11.6. The summed E-state index contributed by atoms with van der Waals surface area (Å²) in [7, 11) is 0. The van der Waals surface area contributed by atoms with Crippen LogP contribution in [0.15, 0.2) is 23.1 Å². The van der Waals surface area contributed by atoms with Crippen LogP contribution in [0.25, 0.3) is 0 Å². The SMILES string of the molecule is Cc1ccc(SCCC(=O)NC2CC2)cc1C(=O)O. The quantitative estimate of drug-likeness (QED) is 0.785. The lowest BCUT2D eigenvalue weighted by atomic mass is 10.1. The molecule has 2 N–H and O–H groups in total. The third-order valence-corrected chi connectivity index (χ3v) is 3.98. The number of rotatable bonds is 6. The maximum Gasteiger partial charge on any atom is 0.335 e. The maximum atomic E-state index is 11.5. The second-order valence-electron chi connectivity index (χ2n) is 4.72. The minimum atomic E-state index is -0.911. The van der Waals surface area contributed by atoms with Gasteiger partial charge in [-0.1, -0.05) is 6.07 Å². The van der Waals surface area contributed by atoms with E-state index < -0.39 is 5.97 Å². The molecular formula is C14H17NO3S. The van der Waals surface area contributed by atoms with Crippen LogP contribution in [0.4, 0.5) is 0 Å². The molecular weight excluding hydrogens is 262 g/mol. The molecule has 4 nitrogen and oxygen atoms in total. The molecule has 1 aromatic rings. The molecule has 0 unspecified atom stereocenters. The molecule has 0 radical (unpaired) electrons. The van der Waals surface area contributed by atoms with Crippen molar-refractivity contribution in [3.63, 3.8) is 0 Å². The third-order valence-electron chi connectivity index (χ3n) is 2.98. The first-order valence-electron chi connectivity index (χ1n) is 6.32. The molecule has 1 fully saturated rings. The summed E-state index contributed by atoms with van der Waals surface area (Å²) in [5.41, 5.74) is 1.08. The van der Waals surface area contributed by atoms with Gasteiger partial charge in [-0.15, -0.1) is 11.8 Å². The van der Waals surface area contributed by atoms with E-state index in [0.29, 0.717) is 23.8 Å². The van der Waals surface area contributed by atoms with Crippen LogP contribution in [-0.2, 0) is 4.79 Å². The number of carboxylic acid groups (broad SMARTS) is 1. The number of nitrogens with one attached hydrogen (secondary N) is 1. The van der Waals surface area contributed by atoms with Crippen molar-refractivity contribution in [3.05, 3.63) is 29.3 Å². The fourth-order valence-corrected chi connectivity index (χ4v) is 2.60. The zero-order chi connectivity index (χ0) is 13.8. The number of hydrogen-bond acceptors (Lipinski definition) is 3. The molecule has 5 heteroatoms. The fourth-order valence-electron chi connectivity index (χ4n) is 1.71. The number of aryl methyl sites for hydroxylation is 1. The van der Waals surface area contributed by atoms with Gasteiger partial charge in [0.05, 0.1) is 5.56 Å². The summed E-state index contributed by atoms with van der Waals surface area (Å²) in [5.74, 6) is -0.160. The topological polar surface area (TPSA) is 66.4 Å². The Morgan fingerprint density at radius 2 is 2.16 bits per heavy atom. The van der Waals surface area contributed by atoms with E-state index in [1.54, 1.807) is 19.1 Å². The number of carbonyl (C=O) groups is 2. The highest BCUT2D eigenvalue weighted by atomic mass is 32.2. The molecule has 1 amide bonds. The molecule has 0 atom stereocenters. The van der Waals surface area contributed by atoms with E-state index in [4.69, 9.17) is 5.11 Å². The summed E-state index contributed by atoms with van der Waals surface area (Å²) in [6.45, 7) is 1.78. The highest BCUT2D eigenvalue weighted by Crippen LogP contribution is 2.23. The van der Waals surface area contributed by atoms with E-state index in [1.165, 1.54) is 11.8 Å². The number of amides is 1. The van der Waals surface area contributed by atoms with Gasteiger partial charge in [0.2, 0.25) is 5.91 Å². The standard InChI is InChI=1S/C14H17NO3S/c1-9-2-5-11(8-12(9)14(17)18)19-7-6-13(16)15-10-3-4-10/h2,5,8,10H,3-4,6-7H2,1H3,(H,15,16)(H,17,18). The summed E-state index contributed by atoms with van der Waals surface area (Å²) >= 11 is 1.51. The van der Waals surface area contributed by atoms with Gasteiger partial charge < -0.3 is 10.4 Å². The van der Waals surface area contributed by atoms with Gasteiger partial charge in [0.15, 0.2) is 0 Å². The molecule has 2 rings (SSSR count). The van der Waals surface area contributed by atoms with Crippen LogP contribution in [0.3, 0.4) is 0 Å². The normalized spacial score (nSPS) is 14.2. The lowest BCUT2D eigenvalue weighted by Gasteiger charge is -2.06. The molecule has 0 aliphatic heterocycles. The fraction of sp³-hybridized carbons (Fsp3) is 0.429. The van der Waals surface area contributed by atoms with Crippen LogP contribution >= 0.6 is 11.8 Å². The Labute approximate surface area is 116 Å². The molecule has 0 spiro atoms. The van der Waals surface area contributed by atoms with Gasteiger partial charge in [-0.25, -0.2) is 4.79 Å². The number of benzene rings is 1. The first-order chi connectivity index (χ1) is 9.06. The monoisotopic (exact) mass is 279 g/mol. The van der Waals surface area contributed by atoms with Crippen molar-refractivity contribution in [1.82, 2.24) is 5.32 Å². The van der Waals surface area contributed by atoms with Crippen molar-refractivity contribution in [2.24, 2.45) is 0 Å². The summed E-state index contributed by atoms with van der Waals surface area (Å²) in [6.07, 6.45) is 2.66. The van der Waals surface area contributed by atoms with E-state index in [1.807, 2.05) is 6.07 Å². The average molecular weight is 279 g/mol. The zero-order valence-electron chi connectivity index (χ0n) is 10.8. The van der Waals surface area contributed by atoms with Gasteiger partial charge in [0.1, 0.15) is 0 Å². The number of hydrogen-bond donors (Lipinski definition) is 2. The second-order valence-corrected chi connectivity index (χ2v) is 5.89. The molecule has 0 bridgehead atoms. The van der Waals surface area contributed by atoms with Crippen molar-refractivity contribution >= 4 is 23.6 Å². The molecule has 0 aromatic heterocycles. The lowest BCUT2D eigenvalue weighted by Crippen LogP contribution is -2.25. The van der Waals surface area contributed by atoms with Crippen LogP contribution in [0.5, 0.6) is 0 Å². The Bertz CT molecular complexity index is 497. The first-order valence-corrected chi connectivity index (χ1v) is 7.31. The van der Waals surface area contributed by atoms with E-state index in [9.17, 15) is 9.59 Å². The number of thioether (sulfide) groups is 1. The maximum absolute atomic E-state index is 11.5. The Balaban J connectivity index is 1.83. The molecule has 19 heavy (non-hydrogen) atoms. The summed E-state index contributed by atoms with van der Waals surface area (Å²) in [5, 5.41) is 12.0. The highest BCUT2D eigenvalue weighted by Gasteiger charge is 2.22. The van der Waals surface area contributed by atoms with Crippen LogP contribution in [0.1, 0.15) is 35.2 Å². The molecule has 1 aromatic carbocycles. The predicted molar refractivity (Wildman–Crippen MR) is 74.6 cm³/mol. The van der Waals surface area contributed by atoms with Crippen molar-refractivity contribution < 1.29 is 14.7 Å². The van der Waals surface area contributed by atoms with E-state index >= 15 is 0 Å². The smallest absolute Gasteiger partial charge is 0.335 e. The Hall–Kier alpha value is -1.49. The van der Waals surface area contributed by atoms with Gasteiger partial charge in [0, 0.05) is 23.1 Å². The van der Waals surface area contributed by atoms with Crippen molar-refractivity contribution in [1.29, 1.82) is 0 Å². The summed E-state index contributed by atoms with van der Waals surface area (Å²) in [6, 6.07) is 5.76. The molecule has 102 valence electrons. The van der Waals surface area contributed by atoms with Crippen molar-refractivity contribution in [3.8, 4) is 0 Å². The van der Waals surface area contributed by atoms with Gasteiger partial charge in [-0.05, 0) is 37.5 Å². The molecule has 1 aliphatic rings. The Morgan fingerprint density at radius 1 is 1.42 bits per heavy atom. The van der Waals surface area contributed by atoms with Crippen LogP contribution in [-0.4, -0.2) is 28.8 Å². The van der Waals surface area contributed by atoms with Crippen molar-refractivity contribution in [2.45, 2.75) is 37.1 Å².